The van der Waals surface area contributed by atoms with Gasteiger partial charge in [-0.25, -0.2) is 0 Å². The quantitative estimate of drug-likeness (QED) is 0.917. The average molecular weight is 336 g/mol. The molecule has 7 heteroatoms. The molecule has 0 radical (unpaired) electrons. The number of hydrogen-bond donors (Lipinski definition) is 1. The number of likely N-dealkylation sites (tertiary alicyclic amines) is 1. The SMILES string of the molecule is CC(=O)N1CCC[C@H]1C(=O)Nc1nnc(CC2CCCCC2)s1. The lowest BCUT2D eigenvalue weighted by Gasteiger charge is -2.21. The third kappa shape index (κ3) is 4.07. The van der Waals surface area contributed by atoms with Crippen molar-refractivity contribution in [3.8, 4) is 0 Å². The Labute approximate surface area is 140 Å². The summed E-state index contributed by atoms with van der Waals surface area (Å²) < 4.78 is 0. The minimum absolute atomic E-state index is 0.0436. The second kappa shape index (κ2) is 7.38. The van der Waals surface area contributed by atoms with E-state index in [0.717, 1.165) is 24.3 Å². The fourth-order valence-electron chi connectivity index (χ4n) is 3.63. The van der Waals surface area contributed by atoms with Crippen LogP contribution < -0.4 is 5.32 Å². The van der Waals surface area contributed by atoms with Crippen molar-refractivity contribution in [2.75, 3.05) is 11.9 Å². The molecule has 0 spiro atoms. The number of aromatic nitrogens is 2. The Bertz CT molecular complexity index is 568. The molecule has 1 aliphatic carbocycles. The lowest BCUT2D eigenvalue weighted by molar-refractivity contribution is -0.134. The molecule has 0 unspecified atom stereocenters. The first-order valence-corrected chi connectivity index (χ1v) is 9.35. The topological polar surface area (TPSA) is 75.2 Å². The predicted octanol–water partition coefficient (Wildman–Crippen LogP) is 2.61. The highest BCUT2D eigenvalue weighted by atomic mass is 32.1. The molecule has 3 rings (SSSR count). The van der Waals surface area contributed by atoms with Crippen molar-refractivity contribution < 1.29 is 9.59 Å². The third-order valence-corrected chi connectivity index (χ3v) is 5.71. The summed E-state index contributed by atoms with van der Waals surface area (Å²) in [6.07, 6.45) is 9.09. The van der Waals surface area contributed by atoms with Crippen LogP contribution in [0.15, 0.2) is 0 Å². The fraction of sp³-hybridized carbons (Fsp3) is 0.750. The molecule has 2 aliphatic rings. The Morgan fingerprint density at radius 3 is 2.70 bits per heavy atom. The Kier molecular flexibility index (Phi) is 5.25. The number of rotatable bonds is 4. The molecule has 1 saturated heterocycles. The maximum absolute atomic E-state index is 12.4. The second-order valence-electron chi connectivity index (χ2n) is 6.57. The number of nitrogens with one attached hydrogen (secondary N) is 1. The summed E-state index contributed by atoms with van der Waals surface area (Å²) in [4.78, 5) is 25.6. The van der Waals surface area contributed by atoms with E-state index in [1.54, 1.807) is 4.90 Å². The molecular formula is C16H24N4O2S. The molecule has 0 aromatic carbocycles. The highest BCUT2D eigenvalue weighted by Crippen LogP contribution is 2.29. The van der Waals surface area contributed by atoms with Crippen LogP contribution in [0.1, 0.15) is 56.9 Å². The van der Waals surface area contributed by atoms with Gasteiger partial charge < -0.3 is 4.90 Å². The van der Waals surface area contributed by atoms with E-state index in [1.165, 1.54) is 50.4 Å². The van der Waals surface area contributed by atoms with Gasteiger partial charge in [-0.2, -0.15) is 0 Å². The molecule has 1 aromatic heterocycles. The first-order chi connectivity index (χ1) is 11.1. The van der Waals surface area contributed by atoms with E-state index in [2.05, 4.69) is 15.5 Å². The zero-order chi connectivity index (χ0) is 16.2. The maximum atomic E-state index is 12.4. The van der Waals surface area contributed by atoms with Crippen LogP contribution in [0.3, 0.4) is 0 Å². The fourth-order valence-corrected chi connectivity index (χ4v) is 4.49. The molecule has 126 valence electrons. The molecule has 1 atom stereocenters. The van der Waals surface area contributed by atoms with Crippen LogP contribution in [0.25, 0.3) is 0 Å². The van der Waals surface area contributed by atoms with Crippen molar-refractivity contribution in [3.63, 3.8) is 0 Å². The number of hydrogen-bond acceptors (Lipinski definition) is 5. The van der Waals surface area contributed by atoms with Gasteiger partial charge in [-0.3, -0.25) is 14.9 Å². The van der Waals surface area contributed by atoms with E-state index in [-0.39, 0.29) is 17.9 Å². The monoisotopic (exact) mass is 336 g/mol. The summed E-state index contributed by atoms with van der Waals surface area (Å²) in [5.41, 5.74) is 0. The first-order valence-electron chi connectivity index (χ1n) is 8.54. The van der Waals surface area contributed by atoms with Crippen LogP contribution >= 0.6 is 11.3 Å². The van der Waals surface area contributed by atoms with Crippen molar-refractivity contribution >= 4 is 28.3 Å². The van der Waals surface area contributed by atoms with Crippen LogP contribution in [-0.2, 0) is 16.0 Å². The van der Waals surface area contributed by atoms with E-state index in [0.29, 0.717) is 17.6 Å². The van der Waals surface area contributed by atoms with Crippen LogP contribution in [0, 0.1) is 5.92 Å². The van der Waals surface area contributed by atoms with Gasteiger partial charge in [0, 0.05) is 19.9 Å². The Hall–Kier alpha value is -1.50. The van der Waals surface area contributed by atoms with Gasteiger partial charge in [0.2, 0.25) is 16.9 Å². The Balaban J connectivity index is 1.55. The Morgan fingerprint density at radius 2 is 1.96 bits per heavy atom. The van der Waals surface area contributed by atoms with E-state index in [9.17, 15) is 9.59 Å². The van der Waals surface area contributed by atoms with Crippen molar-refractivity contribution in [1.29, 1.82) is 0 Å². The Morgan fingerprint density at radius 1 is 1.17 bits per heavy atom. The van der Waals surface area contributed by atoms with E-state index >= 15 is 0 Å². The normalized spacial score (nSPS) is 22.3. The van der Waals surface area contributed by atoms with Crippen molar-refractivity contribution in [1.82, 2.24) is 15.1 Å². The van der Waals surface area contributed by atoms with E-state index < -0.39 is 0 Å². The molecule has 1 aliphatic heterocycles. The zero-order valence-corrected chi connectivity index (χ0v) is 14.4. The van der Waals surface area contributed by atoms with Gasteiger partial charge in [-0.05, 0) is 18.8 Å². The summed E-state index contributed by atoms with van der Waals surface area (Å²) in [7, 11) is 0. The van der Waals surface area contributed by atoms with E-state index in [1.807, 2.05) is 0 Å². The minimum Gasteiger partial charge on any atom is -0.331 e. The minimum atomic E-state index is -0.363. The van der Waals surface area contributed by atoms with Crippen LogP contribution in [0.2, 0.25) is 0 Å². The molecule has 1 aromatic rings. The average Bonchev–Trinajstić information content (AvgIpc) is 3.17. The second-order valence-corrected chi connectivity index (χ2v) is 7.63. The lowest BCUT2D eigenvalue weighted by atomic mass is 9.87. The van der Waals surface area contributed by atoms with Gasteiger partial charge in [0.05, 0.1) is 0 Å². The molecular weight excluding hydrogens is 312 g/mol. The van der Waals surface area contributed by atoms with Crippen LogP contribution in [0.4, 0.5) is 5.13 Å². The molecule has 2 fully saturated rings. The third-order valence-electron chi connectivity index (χ3n) is 4.84. The number of carbonyl (C=O) groups is 2. The standard InChI is InChI=1S/C16H24N4O2S/c1-11(21)20-9-5-8-13(20)15(22)17-16-19-18-14(23-16)10-12-6-3-2-4-7-12/h12-13H,2-10H2,1H3,(H,17,19,22)/t13-/m0/s1. The van der Waals surface area contributed by atoms with Crippen LogP contribution in [-0.4, -0.2) is 39.5 Å². The zero-order valence-electron chi connectivity index (χ0n) is 13.6. The van der Waals surface area contributed by atoms with Crippen LogP contribution in [0.5, 0.6) is 0 Å². The van der Waals surface area contributed by atoms with Crippen molar-refractivity contribution in [3.05, 3.63) is 5.01 Å². The molecule has 2 heterocycles. The summed E-state index contributed by atoms with van der Waals surface area (Å²) >= 11 is 1.47. The molecule has 2 amide bonds. The van der Waals surface area contributed by atoms with Gasteiger partial charge in [-0.15, -0.1) is 10.2 Å². The molecule has 1 saturated carbocycles. The summed E-state index contributed by atoms with van der Waals surface area (Å²) in [6, 6.07) is -0.363. The highest BCUT2D eigenvalue weighted by molar-refractivity contribution is 7.15. The number of carbonyl (C=O) groups excluding carboxylic acids is 2. The predicted molar refractivity (Wildman–Crippen MR) is 89.2 cm³/mol. The number of amides is 2. The maximum Gasteiger partial charge on any atom is 0.249 e. The largest absolute Gasteiger partial charge is 0.331 e. The smallest absolute Gasteiger partial charge is 0.249 e. The van der Waals surface area contributed by atoms with E-state index in [4.69, 9.17) is 0 Å². The number of nitrogens with zero attached hydrogens (tertiary/aromatic N) is 3. The first kappa shape index (κ1) is 16.4. The van der Waals surface area contributed by atoms with Gasteiger partial charge in [-0.1, -0.05) is 43.4 Å². The molecule has 0 bridgehead atoms. The summed E-state index contributed by atoms with van der Waals surface area (Å²) in [5, 5.41) is 12.7. The summed E-state index contributed by atoms with van der Waals surface area (Å²) in [5.74, 6) is 0.527. The van der Waals surface area contributed by atoms with Gasteiger partial charge in [0.15, 0.2) is 0 Å². The highest BCUT2D eigenvalue weighted by Gasteiger charge is 2.32. The van der Waals surface area contributed by atoms with Crippen molar-refractivity contribution in [2.45, 2.75) is 64.3 Å². The molecule has 1 N–H and O–H groups in total. The van der Waals surface area contributed by atoms with Gasteiger partial charge in [0.25, 0.3) is 0 Å². The van der Waals surface area contributed by atoms with Gasteiger partial charge >= 0.3 is 0 Å². The van der Waals surface area contributed by atoms with Gasteiger partial charge in [0.1, 0.15) is 11.0 Å². The number of anilines is 1. The van der Waals surface area contributed by atoms with Crippen molar-refractivity contribution in [2.24, 2.45) is 5.92 Å². The molecule has 23 heavy (non-hydrogen) atoms. The summed E-state index contributed by atoms with van der Waals surface area (Å²) in [6.45, 7) is 2.18. The lowest BCUT2D eigenvalue weighted by Crippen LogP contribution is -2.42. The molecule has 6 nitrogen and oxygen atoms in total.